The van der Waals surface area contributed by atoms with Crippen LogP contribution in [0, 0.1) is 5.92 Å². The first-order chi connectivity index (χ1) is 11.9. The van der Waals surface area contributed by atoms with Gasteiger partial charge in [-0.25, -0.2) is 13.4 Å². The summed E-state index contributed by atoms with van der Waals surface area (Å²) in [6.07, 6.45) is 2.68. The molecule has 2 aromatic heterocycles. The van der Waals surface area contributed by atoms with Crippen molar-refractivity contribution in [1.82, 2.24) is 9.29 Å². The third kappa shape index (κ3) is 4.32. The number of hydrogen-bond acceptors (Lipinski definition) is 5. The number of carbonyl (C=O) groups is 1. The van der Waals surface area contributed by atoms with Crippen LogP contribution in [0.5, 0.6) is 0 Å². The molecule has 3 heterocycles. The minimum Gasteiger partial charge on any atom is -0.310 e. The van der Waals surface area contributed by atoms with E-state index in [-0.39, 0.29) is 16.7 Å². The van der Waals surface area contributed by atoms with E-state index in [9.17, 15) is 13.2 Å². The molecular weight excluding hydrogens is 405 g/mol. The SMILES string of the molecule is O=C(Nc1ccc(Cl)cn1)[C@H]1CCCN(S(=O)(=O)c2ccc(Cl)s2)C1. The number of piperidine rings is 1. The van der Waals surface area contributed by atoms with Crippen LogP contribution in [0.1, 0.15) is 12.8 Å². The van der Waals surface area contributed by atoms with Gasteiger partial charge >= 0.3 is 0 Å². The summed E-state index contributed by atoms with van der Waals surface area (Å²) in [5.41, 5.74) is 0. The molecule has 1 aliphatic rings. The van der Waals surface area contributed by atoms with Gasteiger partial charge in [0.2, 0.25) is 5.91 Å². The largest absolute Gasteiger partial charge is 0.310 e. The van der Waals surface area contributed by atoms with E-state index in [1.165, 1.54) is 16.6 Å². The summed E-state index contributed by atoms with van der Waals surface area (Å²) >= 11 is 12.6. The molecule has 134 valence electrons. The zero-order valence-corrected chi connectivity index (χ0v) is 16.1. The Morgan fingerprint density at radius 2 is 2.08 bits per heavy atom. The van der Waals surface area contributed by atoms with Gasteiger partial charge in [0.1, 0.15) is 10.0 Å². The number of carbonyl (C=O) groups excluding carboxylic acids is 1. The van der Waals surface area contributed by atoms with Crippen LogP contribution in [-0.4, -0.2) is 36.7 Å². The van der Waals surface area contributed by atoms with E-state index in [1.54, 1.807) is 18.2 Å². The summed E-state index contributed by atoms with van der Waals surface area (Å²) in [6.45, 7) is 0.526. The fourth-order valence-corrected chi connectivity index (χ4v) is 5.89. The Hall–Kier alpha value is -1.19. The Bertz CT molecular complexity index is 868. The normalized spacial score (nSPS) is 18.9. The highest BCUT2D eigenvalue weighted by Gasteiger charge is 2.34. The number of halogens is 2. The Kier molecular flexibility index (Phi) is 5.65. The van der Waals surface area contributed by atoms with Gasteiger partial charge in [-0.2, -0.15) is 4.31 Å². The Morgan fingerprint density at radius 3 is 2.72 bits per heavy atom. The molecule has 0 radical (unpaired) electrons. The molecule has 1 N–H and O–H groups in total. The van der Waals surface area contributed by atoms with Crippen LogP contribution < -0.4 is 5.32 Å². The lowest BCUT2D eigenvalue weighted by molar-refractivity contribution is -0.120. The number of nitrogens with one attached hydrogen (secondary N) is 1. The molecule has 0 spiro atoms. The van der Waals surface area contributed by atoms with Crippen molar-refractivity contribution in [2.24, 2.45) is 5.92 Å². The second kappa shape index (κ2) is 7.59. The van der Waals surface area contributed by atoms with Crippen molar-refractivity contribution in [3.8, 4) is 0 Å². The van der Waals surface area contributed by atoms with E-state index in [1.807, 2.05) is 0 Å². The Balaban J connectivity index is 1.70. The highest BCUT2D eigenvalue weighted by molar-refractivity contribution is 7.91. The third-order valence-corrected chi connectivity index (χ3v) is 7.66. The number of hydrogen-bond donors (Lipinski definition) is 1. The summed E-state index contributed by atoms with van der Waals surface area (Å²) in [7, 11) is -3.63. The molecule has 0 saturated carbocycles. The topological polar surface area (TPSA) is 79.4 Å². The second-order valence-electron chi connectivity index (χ2n) is 5.61. The fourth-order valence-electron chi connectivity index (χ4n) is 2.62. The van der Waals surface area contributed by atoms with Crippen LogP contribution in [0.25, 0.3) is 0 Å². The van der Waals surface area contributed by atoms with Crippen molar-refractivity contribution >= 4 is 56.3 Å². The van der Waals surface area contributed by atoms with E-state index in [2.05, 4.69) is 10.3 Å². The highest BCUT2D eigenvalue weighted by atomic mass is 35.5. The van der Waals surface area contributed by atoms with Gasteiger partial charge in [-0.3, -0.25) is 4.79 Å². The zero-order chi connectivity index (χ0) is 18.0. The van der Waals surface area contributed by atoms with E-state index in [0.717, 1.165) is 11.3 Å². The molecule has 0 aliphatic carbocycles. The maximum absolute atomic E-state index is 12.7. The zero-order valence-electron chi connectivity index (χ0n) is 13.0. The van der Waals surface area contributed by atoms with E-state index in [4.69, 9.17) is 23.2 Å². The number of thiophene rings is 1. The lowest BCUT2D eigenvalue weighted by Crippen LogP contribution is -2.43. The van der Waals surface area contributed by atoms with Crippen LogP contribution in [-0.2, 0) is 14.8 Å². The summed E-state index contributed by atoms with van der Waals surface area (Å²) in [5.74, 6) is -0.296. The fraction of sp³-hybridized carbons (Fsp3) is 0.333. The average molecular weight is 420 g/mol. The quantitative estimate of drug-likeness (QED) is 0.822. The van der Waals surface area contributed by atoms with Crippen molar-refractivity contribution in [2.45, 2.75) is 17.1 Å². The predicted octanol–water partition coefficient (Wildman–Crippen LogP) is 3.49. The van der Waals surface area contributed by atoms with Crippen molar-refractivity contribution in [2.75, 3.05) is 18.4 Å². The third-order valence-electron chi connectivity index (χ3n) is 3.88. The molecule has 2 aromatic rings. The predicted molar refractivity (Wildman–Crippen MR) is 98.7 cm³/mol. The minimum atomic E-state index is -3.63. The second-order valence-corrected chi connectivity index (χ2v) is 9.93. The molecule has 1 amide bonds. The van der Waals surface area contributed by atoms with Crippen LogP contribution in [0.2, 0.25) is 9.36 Å². The van der Waals surface area contributed by atoms with E-state index < -0.39 is 15.9 Å². The van der Waals surface area contributed by atoms with Gasteiger partial charge in [-0.1, -0.05) is 23.2 Å². The summed E-state index contributed by atoms with van der Waals surface area (Å²) in [4.78, 5) is 16.5. The van der Waals surface area contributed by atoms with Gasteiger partial charge in [-0.05, 0) is 37.1 Å². The summed E-state index contributed by atoms with van der Waals surface area (Å²) < 4.78 is 27.3. The molecule has 3 rings (SSSR count). The van der Waals surface area contributed by atoms with Crippen molar-refractivity contribution in [1.29, 1.82) is 0 Å². The standard InChI is InChI=1S/C15H15Cl2N3O3S2/c16-11-3-5-13(18-8-11)19-15(21)10-2-1-7-20(9-10)25(22,23)14-6-4-12(17)24-14/h3-6,8,10H,1-2,7,9H2,(H,18,19,21)/t10-/m0/s1. The maximum atomic E-state index is 12.7. The number of nitrogens with zero attached hydrogens (tertiary/aromatic N) is 2. The molecule has 1 aliphatic heterocycles. The summed E-state index contributed by atoms with van der Waals surface area (Å²) in [5, 5.41) is 3.18. The van der Waals surface area contributed by atoms with E-state index >= 15 is 0 Å². The molecular formula is C15H15Cl2N3O3S2. The first kappa shape index (κ1) is 18.6. The van der Waals surface area contributed by atoms with Gasteiger partial charge in [0, 0.05) is 19.3 Å². The molecule has 0 aromatic carbocycles. The van der Waals surface area contributed by atoms with Crippen LogP contribution >= 0.6 is 34.5 Å². The molecule has 25 heavy (non-hydrogen) atoms. The molecule has 1 fully saturated rings. The molecule has 1 atom stereocenters. The number of pyridine rings is 1. The lowest BCUT2D eigenvalue weighted by atomic mass is 9.99. The van der Waals surface area contributed by atoms with Crippen molar-refractivity contribution in [3.63, 3.8) is 0 Å². The van der Waals surface area contributed by atoms with Gasteiger partial charge < -0.3 is 5.32 Å². The highest BCUT2D eigenvalue weighted by Crippen LogP contribution is 2.30. The minimum absolute atomic E-state index is 0.136. The first-order valence-corrected chi connectivity index (χ1v) is 10.6. The van der Waals surface area contributed by atoms with Crippen LogP contribution in [0.15, 0.2) is 34.7 Å². The van der Waals surface area contributed by atoms with Gasteiger partial charge in [-0.15, -0.1) is 11.3 Å². The molecule has 0 bridgehead atoms. The lowest BCUT2D eigenvalue weighted by Gasteiger charge is -2.30. The number of sulfonamides is 1. The summed E-state index contributed by atoms with van der Waals surface area (Å²) in [6, 6.07) is 6.27. The molecule has 10 heteroatoms. The van der Waals surface area contributed by atoms with Gasteiger partial charge in [0.25, 0.3) is 10.0 Å². The smallest absolute Gasteiger partial charge is 0.252 e. The van der Waals surface area contributed by atoms with E-state index in [0.29, 0.717) is 34.6 Å². The number of rotatable bonds is 4. The monoisotopic (exact) mass is 419 g/mol. The van der Waals surface area contributed by atoms with Crippen LogP contribution in [0.3, 0.4) is 0 Å². The number of amides is 1. The first-order valence-electron chi connectivity index (χ1n) is 7.54. The van der Waals surface area contributed by atoms with Crippen LogP contribution in [0.4, 0.5) is 5.82 Å². The van der Waals surface area contributed by atoms with Gasteiger partial charge in [0.05, 0.1) is 15.3 Å². The molecule has 0 unspecified atom stereocenters. The Morgan fingerprint density at radius 1 is 1.28 bits per heavy atom. The van der Waals surface area contributed by atoms with Crippen molar-refractivity contribution in [3.05, 3.63) is 39.8 Å². The van der Waals surface area contributed by atoms with Gasteiger partial charge in [0.15, 0.2) is 0 Å². The van der Waals surface area contributed by atoms with Crippen molar-refractivity contribution < 1.29 is 13.2 Å². The Labute approximate surface area is 159 Å². The molecule has 1 saturated heterocycles. The number of aromatic nitrogens is 1. The average Bonchev–Trinajstić information content (AvgIpc) is 3.04. The maximum Gasteiger partial charge on any atom is 0.252 e. The number of anilines is 1. The molecule has 6 nitrogen and oxygen atoms in total.